The molecule has 15 heavy (non-hydrogen) atoms. The van der Waals surface area contributed by atoms with Crippen molar-refractivity contribution in [3.8, 4) is 0 Å². The average molecular weight is 227 g/mol. The van der Waals surface area contributed by atoms with E-state index in [0.29, 0.717) is 0 Å². The van der Waals surface area contributed by atoms with Crippen molar-refractivity contribution in [2.24, 2.45) is 0 Å². The van der Waals surface area contributed by atoms with E-state index in [9.17, 15) is 10.2 Å². The topological polar surface area (TPSA) is 43.7 Å². The van der Waals surface area contributed by atoms with Crippen LogP contribution in [0.3, 0.4) is 0 Å². The van der Waals surface area contributed by atoms with Crippen molar-refractivity contribution in [2.45, 2.75) is 12.2 Å². The Bertz CT molecular complexity index is 317. The molecule has 0 aliphatic rings. The second kappa shape index (κ2) is 5.39. The molecular formula is C11H17NO2S. The maximum absolute atomic E-state index is 9.89. The molecule has 0 saturated carbocycles. The van der Waals surface area contributed by atoms with E-state index in [1.54, 1.807) is 0 Å². The highest BCUT2D eigenvalue weighted by molar-refractivity contribution is 7.80. The zero-order valence-electron chi connectivity index (χ0n) is 8.96. The number of aliphatic hydroxyl groups is 2. The lowest BCUT2D eigenvalue weighted by molar-refractivity contribution is 0.0341. The van der Waals surface area contributed by atoms with Crippen LogP contribution in [-0.2, 0) is 0 Å². The minimum absolute atomic E-state index is 0.239. The molecule has 0 aliphatic heterocycles. The van der Waals surface area contributed by atoms with Gasteiger partial charge in [0.05, 0.1) is 6.10 Å². The minimum atomic E-state index is -0.888. The second-order valence-electron chi connectivity index (χ2n) is 3.65. The van der Waals surface area contributed by atoms with Crippen LogP contribution in [0.25, 0.3) is 0 Å². The van der Waals surface area contributed by atoms with E-state index in [1.807, 2.05) is 43.3 Å². The van der Waals surface area contributed by atoms with Crippen molar-refractivity contribution in [1.29, 1.82) is 0 Å². The van der Waals surface area contributed by atoms with E-state index in [0.717, 1.165) is 11.3 Å². The van der Waals surface area contributed by atoms with Crippen LogP contribution in [0.1, 0.15) is 11.7 Å². The summed E-state index contributed by atoms with van der Waals surface area (Å²) in [5, 5.41) is 19.4. The molecule has 0 aromatic heterocycles. The summed E-state index contributed by atoms with van der Waals surface area (Å²) in [6.45, 7) is 0. The molecule has 0 radical (unpaired) electrons. The van der Waals surface area contributed by atoms with Gasteiger partial charge in [0, 0.05) is 31.1 Å². The summed E-state index contributed by atoms with van der Waals surface area (Å²) in [6.07, 6.45) is -1.73. The molecule has 0 spiro atoms. The van der Waals surface area contributed by atoms with Crippen molar-refractivity contribution in [3.63, 3.8) is 0 Å². The summed E-state index contributed by atoms with van der Waals surface area (Å²) in [5.41, 5.74) is 1.63. The van der Waals surface area contributed by atoms with Crippen LogP contribution >= 0.6 is 12.6 Å². The van der Waals surface area contributed by atoms with Crippen LogP contribution in [-0.4, -0.2) is 36.2 Å². The van der Waals surface area contributed by atoms with E-state index in [2.05, 4.69) is 12.6 Å². The lowest BCUT2D eigenvalue weighted by atomic mass is 10.0. The summed E-state index contributed by atoms with van der Waals surface area (Å²) in [6, 6.07) is 7.46. The lowest BCUT2D eigenvalue weighted by Crippen LogP contribution is -2.22. The maximum Gasteiger partial charge on any atom is 0.108 e. The molecule has 1 aromatic rings. The minimum Gasteiger partial charge on any atom is -0.389 e. The number of benzene rings is 1. The van der Waals surface area contributed by atoms with E-state index in [1.165, 1.54) is 0 Å². The number of rotatable bonds is 4. The van der Waals surface area contributed by atoms with Crippen molar-refractivity contribution < 1.29 is 10.2 Å². The zero-order valence-corrected chi connectivity index (χ0v) is 9.85. The maximum atomic E-state index is 9.89. The van der Waals surface area contributed by atoms with Gasteiger partial charge in [-0.3, -0.25) is 0 Å². The standard InChI is InChI=1S/C11H17NO2S/c1-12(2)9-6-4-3-5-8(9)11(14)10(13)7-15/h3-6,10-11,13-15H,7H2,1-2H3. The first-order valence-corrected chi connectivity index (χ1v) is 5.44. The molecule has 1 rings (SSSR count). The first kappa shape index (κ1) is 12.4. The molecule has 84 valence electrons. The fourth-order valence-electron chi connectivity index (χ4n) is 1.45. The monoisotopic (exact) mass is 227 g/mol. The van der Waals surface area contributed by atoms with Gasteiger partial charge in [-0.1, -0.05) is 18.2 Å². The van der Waals surface area contributed by atoms with Gasteiger partial charge < -0.3 is 15.1 Å². The van der Waals surface area contributed by atoms with Gasteiger partial charge in [0.25, 0.3) is 0 Å². The Morgan fingerprint density at radius 1 is 1.27 bits per heavy atom. The molecule has 4 heteroatoms. The Kier molecular flexibility index (Phi) is 4.45. The first-order chi connectivity index (χ1) is 7.07. The molecule has 0 heterocycles. The molecule has 2 unspecified atom stereocenters. The normalized spacial score (nSPS) is 14.7. The number of thiol groups is 1. The predicted molar refractivity (Wildman–Crippen MR) is 65.6 cm³/mol. The Morgan fingerprint density at radius 3 is 2.40 bits per heavy atom. The molecule has 0 bridgehead atoms. The SMILES string of the molecule is CN(C)c1ccccc1C(O)C(O)CS. The van der Waals surface area contributed by atoms with Crippen LogP contribution in [0.4, 0.5) is 5.69 Å². The molecule has 0 aliphatic carbocycles. The highest BCUT2D eigenvalue weighted by Gasteiger charge is 2.20. The third kappa shape index (κ3) is 2.87. The summed E-state index contributed by atoms with van der Waals surface area (Å²) in [7, 11) is 3.80. The van der Waals surface area contributed by atoms with Gasteiger partial charge in [0.15, 0.2) is 0 Å². The van der Waals surface area contributed by atoms with E-state index in [-0.39, 0.29) is 5.75 Å². The molecule has 0 fully saturated rings. The van der Waals surface area contributed by atoms with Gasteiger partial charge in [0.1, 0.15) is 6.10 Å². The van der Waals surface area contributed by atoms with Gasteiger partial charge in [-0.05, 0) is 6.07 Å². The second-order valence-corrected chi connectivity index (χ2v) is 4.01. The van der Waals surface area contributed by atoms with Crippen molar-refractivity contribution >= 4 is 18.3 Å². The summed E-state index contributed by atoms with van der Waals surface area (Å²) in [4.78, 5) is 1.91. The Morgan fingerprint density at radius 2 is 1.87 bits per heavy atom. The molecule has 0 amide bonds. The summed E-state index contributed by atoms with van der Waals surface area (Å²) in [5.74, 6) is 0.239. The van der Waals surface area contributed by atoms with Gasteiger partial charge in [-0.2, -0.15) is 12.6 Å². The average Bonchev–Trinajstić information content (AvgIpc) is 2.27. The van der Waals surface area contributed by atoms with Gasteiger partial charge in [0.2, 0.25) is 0 Å². The highest BCUT2D eigenvalue weighted by Crippen LogP contribution is 2.27. The molecule has 0 saturated heterocycles. The number of aliphatic hydroxyl groups excluding tert-OH is 2. The third-order valence-electron chi connectivity index (χ3n) is 2.29. The molecule has 3 nitrogen and oxygen atoms in total. The zero-order chi connectivity index (χ0) is 11.4. The molecule has 2 atom stereocenters. The van der Waals surface area contributed by atoms with Gasteiger partial charge in [-0.15, -0.1) is 0 Å². The Labute approximate surface area is 95.8 Å². The molecule has 2 N–H and O–H groups in total. The van der Waals surface area contributed by atoms with Crippen LogP contribution in [0.5, 0.6) is 0 Å². The number of hydrogen-bond acceptors (Lipinski definition) is 4. The quantitative estimate of drug-likeness (QED) is 0.674. The fourth-order valence-corrected chi connectivity index (χ4v) is 1.65. The number of anilines is 1. The van der Waals surface area contributed by atoms with Crippen LogP contribution in [0.2, 0.25) is 0 Å². The number of nitrogens with zero attached hydrogens (tertiary/aromatic N) is 1. The van der Waals surface area contributed by atoms with Gasteiger partial charge >= 0.3 is 0 Å². The number of hydrogen-bond donors (Lipinski definition) is 3. The van der Waals surface area contributed by atoms with Crippen molar-refractivity contribution in [2.75, 3.05) is 24.7 Å². The van der Waals surface area contributed by atoms with Crippen molar-refractivity contribution in [1.82, 2.24) is 0 Å². The summed E-state index contributed by atoms with van der Waals surface area (Å²) < 4.78 is 0. The van der Waals surface area contributed by atoms with E-state index < -0.39 is 12.2 Å². The fraction of sp³-hybridized carbons (Fsp3) is 0.455. The van der Waals surface area contributed by atoms with Gasteiger partial charge in [-0.25, -0.2) is 0 Å². The lowest BCUT2D eigenvalue weighted by Gasteiger charge is -2.23. The van der Waals surface area contributed by atoms with E-state index in [4.69, 9.17) is 0 Å². The van der Waals surface area contributed by atoms with Crippen molar-refractivity contribution in [3.05, 3.63) is 29.8 Å². The first-order valence-electron chi connectivity index (χ1n) is 4.81. The van der Waals surface area contributed by atoms with E-state index >= 15 is 0 Å². The largest absolute Gasteiger partial charge is 0.389 e. The van der Waals surface area contributed by atoms with Crippen LogP contribution < -0.4 is 4.90 Å². The van der Waals surface area contributed by atoms with Crippen LogP contribution in [0, 0.1) is 0 Å². The third-order valence-corrected chi connectivity index (χ3v) is 2.66. The Balaban J connectivity index is 3.02. The number of para-hydroxylation sites is 1. The summed E-state index contributed by atoms with van der Waals surface area (Å²) >= 11 is 3.97. The molecular weight excluding hydrogens is 210 g/mol. The smallest absolute Gasteiger partial charge is 0.108 e. The van der Waals surface area contributed by atoms with Crippen LogP contribution in [0.15, 0.2) is 24.3 Å². The highest BCUT2D eigenvalue weighted by atomic mass is 32.1. The Hall–Kier alpha value is -0.710. The predicted octanol–water partition coefficient (Wildman–Crippen LogP) is 1.08. The molecule has 1 aromatic carbocycles.